The van der Waals surface area contributed by atoms with E-state index in [9.17, 15) is 21.6 Å². The fourth-order valence-electron chi connectivity index (χ4n) is 2.20. The minimum Gasteiger partial charge on any atom is -0.384 e. The highest BCUT2D eigenvalue weighted by Crippen LogP contribution is 2.30. The van der Waals surface area contributed by atoms with Crippen molar-refractivity contribution in [2.24, 2.45) is 0 Å². The van der Waals surface area contributed by atoms with E-state index in [1.807, 2.05) is 0 Å². The normalized spacial score (nSPS) is 12.6. The lowest BCUT2D eigenvalue weighted by Crippen LogP contribution is -2.08. The zero-order valence-corrected chi connectivity index (χ0v) is 13.6. The lowest BCUT2D eigenvalue weighted by atomic mass is 10.2. The fourth-order valence-corrected chi connectivity index (χ4v) is 3.23. The summed E-state index contributed by atoms with van der Waals surface area (Å²) in [7, 11) is -3.63. The number of hydrogen-bond donors (Lipinski definition) is 1. The van der Waals surface area contributed by atoms with Crippen LogP contribution in [0.5, 0.6) is 0 Å². The summed E-state index contributed by atoms with van der Waals surface area (Å²) in [6, 6.07) is 4.74. The first-order valence-corrected chi connectivity index (χ1v) is 8.70. The number of nitrogens with two attached hydrogens (primary N) is 1. The average molecular weight is 371 g/mol. The Morgan fingerprint density at radius 2 is 1.92 bits per heavy atom. The number of nitrogen functional groups attached to an aromatic ring is 1. The maximum atomic E-state index is 12.8. The van der Waals surface area contributed by atoms with E-state index in [1.54, 1.807) is 0 Å². The van der Waals surface area contributed by atoms with Gasteiger partial charge in [-0.05, 0) is 18.2 Å². The topological polar surface area (TPSA) is 103 Å². The van der Waals surface area contributed by atoms with Crippen molar-refractivity contribution >= 4 is 21.3 Å². The SMILES string of the molecule is CCS(=O)(=O)c1ccc(N)nc1-c1ccn2nc(C(F)(F)F)cc2n1. The van der Waals surface area contributed by atoms with Crippen molar-refractivity contribution in [1.82, 2.24) is 19.6 Å². The van der Waals surface area contributed by atoms with E-state index >= 15 is 0 Å². The molecule has 3 rings (SSSR count). The van der Waals surface area contributed by atoms with Crippen LogP contribution in [0.2, 0.25) is 0 Å². The third-order valence-electron chi connectivity index (χ3n) is 3.45. The Labute approximate surface area is 140 Å². The quantitative estimate of drug-likeness (QED) is 0.757. The molecule has 3 aromatic heterocycles. The fraction of sp³-hybridized carbons (Fsp3) is 0.214. The second-order valence-corrected chi connectivity index (χ2v) is 7.38. The number of fused-ring (bicyclic) bond motifs is 1. The van der Waals surface area contributed by atoms with Crippen molar-refractivity contribution in [3.63, 3.8) is 0 Å². The zero-order chi connectivity index (χ0) is 18.4. The number of sulfone groups is 1. The standard InChI is InChI=1S/C14H12F3N5O2S/c1-2-25(23,24)9-3-4-11(18)20-13(9)8-5-6-22-12(19-8)7-10(21-22)14(15,16)17/h3-7H,2H2,1H3,(H2,18,20). The Morgan fingerprint density at radius 3 is 2.56 bits per heavy atom. The first-order valence-electron chi connectivity index (χ1n) is 7.05. The molecule has 0 unspecified atom stereocenters. The summed E-state index contributed by atoms with van der Waals surface area (Å²) in [5, 5.41) is 3.39. The number of aromatic nitrogens is 4. The first-order chi connectivity index (χ1) is 11.6. The number of alkyl halides is 3. The molecule has 0 saturated carbocycles. The predicted molar refractivity (Wildman–Crippen MR) is 83.4 cm³/mol. The largest absolute Gasteiger partial charge is 0.435 e. The van der Waals surface area contributed by atoms with Crippen molar-refractivity contribution in [3.8, 4) is 11.4 Å². The van der Waals surface area contributed by atoms with Crippen LogP contribution in [0.3, 0.4) is 0 Å². The maximum absolute atomic E-state index is 12.8. The molecule has 0 fully saturated rings. The van der Waals surface area contributed by atoms with E-state index in [4.69, 9.17) is 5.73 Å². The summed E-state index contributed by atoms with van der Waals surface area (Å²) in [6.45, 7) is 1.47. The predicted octanol–water partition coefficient (Wildman–Crippen LogP) is 2.19. The number of rotatable bonds is 3. The number of nitrogens with zero attached hydrogens (tertiary/aromatic N) is 4. The van der Waals surface area contributed by atoms with Gasteiger partial charge in [0.2, 0.25) is 0 Å². The van der Waals surface area contributed by atoms with Crippen LogP contribution < -0.4 is 5.73 Å². The molecule has 3 aromatic rings. The van der Waals surface area contributed by atoms with Crippen LogP contribution in [0, 0.1) is 0 Å². The van der Waals surface area contributed by atoms with Crippen LogP contribution >= 0.6 is 0 Å². The molecule has 0 aliphatic heterocycles. The Kier molecular flexibility index (Phi) is 3.90. The van der Waals surface area contributed by atoms with E-state index in [0.717, 1.165) is 10.6 Å². The minimum atomic E-state index is -4.61. The van der Waals surface area contributed by atoms with Gasteiger partial charge in [0.25, 0.3) is 0 Å². The van der Waals surface area contributed by atoms with Crippen molar-refractivity contribution in [2.45, 2.75) is 18.0 Å². The van der Waals surface area contributed by atoms with Gasteiger partial charge in [-0.25, -0.2) is 22.9 Å². The van der Waals surface area contributed by atoms with E-state index in [-0.39, 0.29) is 33.5 Å². The molecule has 0 radical (unpaired) electrons. The van der Waals surface area contributed by atoms with Crippen LogP contribution in [0.1, 0.15) is 12.6 Å². The third kappa shape index (κ3) is 3.14. The van der Waals surface area contributed by atoms with Crippen LogP contribution in [0.25, 0.3) is 17.0 Å². The Hall–Kier alpha value is -2.69. The average Bonchev–Trinajstić information content (AvgIpc) is 2.98. The lowest BCUT2D eigenvalue weighted by molar-refractivity contribution is -0.141. The molecule has 3 heterocycles. The smallest absolute Gasteiger partial charge is 0.384 e. The molecule has 25 heavy (non-hydrogen) atoms. The van der Waals surface area contributed by atoms with Crippen molar-refractivity contribution in [1.29, 1.82) is 0 Å². The molecule has 0 aliphatic rings. The molecule has 0 saturated heterocycles. The molecule has 0 bridgehead atoms. The number of pyridine rings is 1. The molecule has 0 spiro atoms. The monoisotopic (exact) mass is 371 g/mol. The minimum absolute atomic E-state index is 0.0147. The van der Waals surface area contributed by atoms with Crippen LogP contribution in [-0.4, -0.2) is 33.8 Å². The van der Waals surface area contributed by atoms with Crippen molar-refractivity contribution in [2.75, 3.05) is 11.5 Å². The number of anilines is 1. The van der Waals surface area contributed by atoms with Crippen molar-refractivity contribution < 1.29 is 21.6 Å². The number of halogens is 3. The van der Waals surface area contributed by atoms with Gasteiger partial charge in [0, 0.05) is 12.3 Å². The van der Waals surface area contributed by atoms with E-state index in [0.29, 0.717) is 0 Å². The highest BCUT2D eigenvalue weighted by Gasteiger charge is 2.34. The molecule has 11 heteroatoms. The van der Waals surface area contributed by atoms with Crippen LogP contribution in [0.15, 0.2) is 35.4 Å². The Morgan fingerprint density at radius 1 is 1.20 bits per heavy atom. The summed E-state index contributed by atoms with van der Waals surface area (Å²) in [5.74, 6) is -0.102. The maximum Gasteiger partial charge on any atom is 0.435 e. The molecule has 0 atom stereocenters. The summed E-state index contributed by atoms with van der Waals surface area (Å²) in [5.41, 5.74) is 4.51. The Bertz CT molecular complexity index is 1060. The third-order valence-corrected chi connectivity index (χ3v) is 5.21. The van der Waals surface area contributed by atoms with Gasteiger partial charge in [-0.1, -0.05) is 6.92 Å². The van der Waals surface area contributed by atoms with Gasteiger partial charge in [0.15, 0.2) is 21.2 Å². The van der Waals surface area contributed by atoms with E-state index in [2.05, 4.69) is 15.1 Å². The molecule has 0 aliphatic carbocycles. The lowest BCUT2D eigenvalue weighted by Gasteiger charge is -2.09. The van der Waals surface area contributed by atoms with Gasteiger partial charge in [0.05, 0.1) is 16.3 Å². The van der Waals surface area contributed by atoms with Gasteiger partial charge in [-0.2, -0.15) is 18.3 Å². The first kappa shape index (κ1) is 17.1. The molecule has 132 valence electrons. The molecular weight excluding hydrogens is 359 g/mol. The van der Waals surface area contributed by atoms with Gasteiger partial charge in [0.1, 0.15) is 11.5 Å². The summed E-state index contributed by atoms with van der Waals surface area (Å²) >= 11 is 0. The summed E-state index contributed by atoms with van der Waals surface area (Å²) in [6.07, 6.45) is -3.36. The number of hydrogen-bond acceptors (Lipinski definition) is 6. The highest BCUT2D eigenvalue weighted by molar-refractivity contribution is 7.91. The molecule has 0 aromatic carbocycles. The highest BCUT2D eigenvalue weighted by atomic mass is 32.2. The molecule has 0 amide bonds. The van der Waals surface area contributed by atoms with Gasteiger partial charge in [-0.15, -0.1) is 0 Å². The van der Waals surface area contributed by atoms with Crippen LogP contribution in [-0.2, 0) is 16.0 Å². The van der Waals surface area contributed by atoms with Gasteiger partial charge in [-0.3, -0.25) is 0 Å². The van der Waals surface area contributed by atoms with Crippen molar-refractivity contribution in [3.05, 3.63) is 36.2 Å². The van der Waals surface area contributed by atoms with Gasteiger partial charge >= 0.3 is 6.18 Å². The molecule has 7 nitrogen and oxygen atoms in total. The van der Waals surface area contributed by atoms with E-state index < -0.39 is 21.7 Å². The summed E-state index contributed by atoms with van der Waals surface area (Å²) in [4.78, 5) is 7.96. The molecular formula is C14H12F3N5O2S. The second kappa shape index (κ2) is 5.69. The summed E-state index contributed by atoms with van der Waals surface area (Å²) < 4.78 is 63.7. The second-order valence-electron chi connectivity index (χ2n) is 5.13. The van der Waals surface area contributed by atoms with E-state index in [1.165, 1.54) is 31.3 Å². The molecule has 2 N–H and O–H groups in total. The zero-order valence-electron chi connectivity index (χ0n) is 12.8. The Balaban J connectivity index is 2.22. The van der Waals surface area contributed by atoms with Crippen LogP contribution in [0.4, 0.5) is 19.0 Å². The van der Waals surface area contributed by atoms with Gasteiger partial charge < -0.3 is 5.73 Å².